The number of carbonyl (C=O) groups excluding carboxylic acids is 1. The lowest BCUT2D eigenvalue weighted by molar-refractivity contribution is -0.131. The van der Waals surface area contributed by atoms with Crippen molar-refractivity contribution in [3.8, 4) is 0 Å². The van der Waals surface area contributed by atoms with Crippen molar-refractivity contribution in [2.75, 3.05) is 10.7 Å². The van der Waals surface area contributed by atoms with E-state index < -0.39 is 11.2 Å². The van der Waals surface area contributed by atoms with Gasteiger partial charge in [0.25, 0.3) is 0 Å². The zero-order chi connectivity index (χ0) is 11.4. The summed E-state index contributed by atoms with van der Waals surface area (Å²) < 4.78 is 0. The molecule has 16 heavy (non-hydrogen) atoms. The van der Waals surface area contributed by atoms with Crippen molar-refractivity contribution in [3.63, 3.8) is 0 Å². The van der Waals surface area contributed by atoms with Crippen LogP contribution in [0.3, 0.4) is 0 Å². The van der Waals surface area contributed by atoms with E-state index in [-0.39, 0.29) is 14.9 Å². The Balaban J connectivity index is -0.0000000800. The van der Waals surface area contributed by atoms with Gasteiger partial charge in [0, 0.05) is 16.7 Å². The van der Waals surface area contributed by atoms with Crippen molar-refractivity contribution < 1.29 is 14.7 Å². The summed E-state index contributed by atoms with van der Waals surface area (Å²) >= 11 is 11.0. The minimum absolute atomic E-state index is 0. The van der Waals surface area contributed by atoms with Gasteiger partial charge in [0.2, 0.25) is 5.24 Å². The van der Waals surface area contributed by atoms with Gasteiger partial charge >= 0.3 is 5.97 Å². The number of carbonyl (C=O) groups is 2. The van der Waals surface area contributed by atoms with Gasteiger partial charge in [0.15, 0.2) is 0 Å². The molecular weight excluding hydrogens is 363 g/mol. The van der Waals surface area contributed by atoms with Crippen LogP contribution in [0.5, 0.6) is 0 Å². The third-order valence-corrected chi connectivity index (χ3v) is 1.56. The number of halogens is 3. The van der Waals surface area contributed by atoms with Crippen molar-refractivity contribution in [1.82, 2.24) is 0 Å². The fourth-order valence-electron chi connectivity index (χ4n) is 0.283. The van der Waals surface area contributed by atoms with Crippen molar-refractivity contribution >= 4 is 54.7 Å². The van der Waals surface area contributed by atoms with Crippen LogP contribution in [0.25, 0.3) is 0 Å². The maximum absolute atomic E-state index is 9.86. The zero-order valence-electron chi connectivity index (χ0n) is 7.12. The first-order valence-electron chi connectivity index (χ1n) is 3.42. The van der Waals surface area contributed by atoms with Crippen LogP contribution in [0.1, 0.15) is 14.9 Å². The predicted molar refractivity (Wildman–Crippen MR) is 77.8 cm³/mol. The highest BCUT2D eigenvalue weighted by Gasteiger charge is 1.80. The molecule has 0 aliphatic rings. The number of carboxylic acid groups (broad SMARTS) is 1. The highest BCUT2D eigenvalue weighted by atomic mass is 79.9. The van der Waals surface area contributed by atoms with E-state index in [1.165, 1.54) is 12.2 Å². The highest BCUT2D eigenvalue weighted by molar-refractivity contribution is 9.09. The van der Waals surface area contributed by atoms with Gasteiger partial charge in [-0.3, -0.25) is 4.79 Å². The monoisotopic (exact) mass is 378 g/mol. The first-order valence-corrected chi connectivity index (χ1v) is 6.04. The standard InChI is InChI=1S/C4H4BrClO.C4H5BrO2.2CH4/c2*5-3-1-2-4(6)7;;/h1-2H,3H2;1-2H,3H2,(H,6,7);2*1H4/b2*2-1+;;. The zero-order valence-corrected chi connectivity index (χ0v) is 11.0. The number of allylic oxidation sites excluding steroid dienone is 3. The maximum atomic E-state index is 9.86. The molecule has 0 amide bonds. The number of alkyl halides is 2. The van der Waals surface area contributed by atoms with E-state index in [1.54, 1.807) is 6.08 Å². The number of aliphatic carboxylic acids is 1. The molecule has 0 unspecified atom stereocenters. The molecule has 0 aromatic heterocycles. The highest BCUT2D eigenvalue weighted by Crippen LogP contribution is 1.85. The molecule has 96 valence electrons. The normalized spacial score (nSPS) is 8.69. The van der Waals surface area contributed by atoms with E-state index in [2.05, 4.69) is 31.9 Å². The smallest absolute Gasteiger partial charge is 0.328 e. The molecule has 0 saturated heterocycles. The van der Waals surface area contributed by atoms with E-state index in [0.717, 1.165) is 6.08 Å². The Morgan fingerprint density at radius 3 is 1.56 bits per heavy atom. The second kappa shape index (κ2) is 20.3. The van der Waals surface area contributed by atoms with E-state index >= 15 is 0 Å². The maximum Gasteiger partial charge on any atom is 0.328 e. The van der Waals surface area contributed by atoms with Gasteiger partial charge < -0.3 is 5.11 Å². The molecule has 0 heterocycles. The van der Waals surface area contributed by atoms with Crippen LogP contribution >= 0.6 is 43.5 Å². The molecule has 0 atom stereocenters. The first-order chi connectivity index (χ1) is 6.54. The Hall–Kier alpha value is -0.130. The number of hydrogen-bond donors (Lipinski definition) is 1. The van der Waals surface area contributed by atoms with Crippen LogP contribution in [0.4, 0.5) is 0 Å². The minimum atomic E-state index is -0.903. The summed E-state index contributed by atoms with van der Waals surface area (Å²) in [6, 6.07) is 0. The Morgan fingerprint density at radius 2 is 1.44 bits per heavy atom. The van der Waals surface area contributed by atoms with Crippen LogP contribution in [0.2, 0.25) is 0 Å². The van der Waals surface area contributed by atoms with Gasteiger partial charge in [-0.1, -0.05) is 58.9 Å². The summed E-state index contributed by atoms with van der Waals surface area (Å²) in [5, 5.41) is 8.77. The second-order valence-corrected chi connectivity index (χ2v) is 3.42. The summed E-state index contributed by atoms with van der Waals surface area (Å²) in [5.41, 5.74) is 0. The lowest BCUT2D eigenvalue weighted by Gasteiger charge is -1.72. The lowest BCUT2D eigenvalue weighted by atomic mass is 10.5. The molecule has 3 nitrogen and oxygen atoms in total. The third-order valence-electron chi connectivity index (χ3n) is 0.687. The topological polar surface area (TPSA) is 54.4 Å². The largest absolute Gasteiger partial charge is 0.478 e. The molecule has 0 saturated carbocycles. The summed E-state index contributed by atoms with van der Waals surface area (Å²) in [5.74, 6) is -0.903. The van der Waals surface area contributed by atoms with Crippen LogP contribution in [-0.4, -0.2) is 27.0 Å². The Bertz CT molecular complexity index is 204. The third kappa shape index (κ3) is 37.1. The van der Waals surface area contributed by atoms with Crippen molar-refractivity contribution in [1.29, 1.82) is 0 Å². The molecule has 0 bridgehead atoms. The molecule has 1 N–H and O–H groups in total. The molecule has 0 aromatic rings. The fourth-order valence-corrected chi connectivity index (χ4v) is 0.745. The van der Waals surface area contributed by atoms with Crippen LogP contribution in [0, 0.1) is 0 Å². The van der Waals surface area contributed by atoms with E-state index in [4.69, 9.17) is 16.7 Å². The molecule has 0 spiro atoms. The van der Waals surface area contributed by atoms with Crippen LogP contribution in [0.15, 0.2) is 24.3 Å². The van der Waals surface area contributed by atoms with Crippen molar-refractivity contribution in [2.45, 2.75) is 14.9 Å². The van der Waals surface area contributed by atoms with Gasteiger partial charge in [0.1, 0.15) is 0 Å². The van der Waals surface area contributed by atoms with Gasteiger partial charge in [-0.15, -0.1) is 0 Å². The van der Waals surface area contributed by atoms with E-state index in [0.29, 0.717) is 10.7 Å². The van der Waals surface area contributed by atoms with Gasteiger partial charge in [-0.25, -0.2) is 4.79 Å². The molecule has 0 fully saturated rings. The second-order valence-electron chi connectivity index (χ2n) is 1.76. The Labute approximate surface area is 119 Å². The van der Waals surface area contributed by atoms with Crippen LogP contribution < -0.4 is 0 Å². The quantitative estimate of drug-likeness (QED) is 0.456. The van der Waals surface area contributed by atoms with E-state index in [9.17, 15) is 9.59 Å². The number of rotatable bonds is 4. The Kier molecular flexibility index (Phi) is 31.6. The predicted octanol–water partition coefficient (Wildman–Crippen LogP) is 4.00. The van der Waals surface area contributed by atoms with Crippen LogP contribution in [-0.2, 0) is 9.59 Å². The summed E-state index contributed by atoms with van der Waals surface area (Å²) in [7, 11) is 0. The molecule has 0 aromatic carbocycles. The minimum Gasteiger partial charge on any atom is -0.478 e. The molecule has 0 aliphatic carbocycles. The van der Waals surface area contributed by atoms with Gasteiger partial charge in [-0.2, -0.15) is 0 Å². The van der Waals surface area contributed by atoms with Crippen molar-refractivity contribution in [2.24, 2.45) is 0 Å². The first kappa shape index (κ1) is 24.9. The average molecular weight is 381 g/mol. The number of hydrogen-bond acceptors (Lipinski definition) is 2. The summed E-state index contributed by atoms with van der Waals surface area (Å²) in [4.78, 5) is 19.5. The molecule has 0 aliphatic heterocycles. The molecule has 6 heteroatoms. The van der Waals surface area contributed by atoms with Crippen molar-refractivity contribution in [3.05, 3.63) is 24.3 Å². The summed E-state index contributed by atoms with van der Waals surface area (Å²) in [6.45, 7) is 0. The average Bonchev–Trinajstić information content (AvgIpc) is 2.12. The molecule has 0 radical (unpaired) electrons. The molecular formula is C10H17Br2ClO3. The fraction of sp³-hybridized carbons (Fsp3) is 0.400. The Morgan fingerprint density at radius 1 is 1.06 bits per heavy atom. The SMILES string of the molecule is C.C.O=C(Cl)/C=C/CBr.O=C(O)/C=C/CBr. The lowest BCUT2D eigenvalue weighted by Crippen LogP contribution is -1.84. The number of carboxylic acids is 1. The van der Waals surface area contributed by atoms with Gasteiger partial charge in [-0.05, 0) is 17.7 Å². The molecule has 0 rings (SSSR count). The summed E-state index contributed by atoms with van der Waals surface area (Å²) in [6.07, 6.45) is 5.54. The van der Waals surface area contributed by atoms with Gasteiger partial charge in [0.05, 0.1) is 0 Å². The van der Waals surface area contributed by atoms with E-state index in [1.807, 2.05) is 0 Å².